The lowest BCUT2D eigenvalue weighted by molar-refractivity contribution is 0.195. The number of hydrogen-bond acceptors (Lipinski definition) is 2. The molecule has 0 aromatic rings. The van der Waals surface area contributed by atoms with Crippen molar-refractivity contribution in [1.82, 2.24) is 0 Å². The van der Waals surface area contributed by atoms with E-state index >= 15 is 0 Å². The van der Waals surface area contributed by atoms with Crippen molar-refractivity contribution in [3.05, 3.63) is 0 Å². The fourth-order valence-corrected chi connectivity index (χ4v) is 0.371. The van der Waals surface area contributed by atoms with E-state index < -0.39 is 21.7 Å². The van der Waals surface area contributed by atoms with Crippen LogP contribution >= 0.6 is 0 Å². The highest BCUT2D eigenvalue weighted by molar-refractivity contribution is 7.91. The molecule has 0 rings (SSSR count). The van der Waals surface area contributed by atoms with Gasteiger partial charge >= 0.3 is 0 Å². The molecule has 0 N–H and O–H groups in total. The van der Waals surface area contributed by atoms with E-state index in [-0.39, 0.29) is 0 Å². The lowest BCUT2D eigenvalue weighted by atomic mass is 10.5. The van der Waals surface area contributed by atoms with Crippen molar-refractivity contribution < 1.29 is 13.5 Å². The molecule has 0 spiro atoms. The first-order valence-corrected chi connectivity index (χ1v) is 4.21. The van der Waals surface area contributed by atoms with Crippen LogP contribution in [0.1, 0.15) is 6.92 Å². The average Bonchev–Trinajstić information content (AvgIpc) is 1.62. The molecule has 0 aliphatic rings. The normalized spacial score (nSPS) is 15.9. The lowest BCUT2D eigenvalue weighted by Crippen LogP contribution is -2.18. The number of sulfone groups is 1. The Balaban J connectivity index is 4.04. The minimum Gasteiger partial charge on any atom is -0.235 e. The minimum absolute atomic E-state index is 0.543. The van der Waals surface area contributed by atoms with E-state index in [0.29, 0.717) is 0 Å². The monoisotopic (exact) mass is 137 g/mol. The van der Waals surface area contributed by atoms with Crippen molar-refractivity contribution in [2.24, 2.45) is 0 Å². The summed E-state index contributed by atoms with van der Waals surface area (Å²) in [6.45, 7) is 0.862. The Morgan fingerprint density at radius 3 is 1.88 bits per heavy atom. The van der Waals surface area contributed by atoms with Crippen LogP contribution in [-0.2, 0) is 14.9 Å². The molecule has 0 heterocycles. The Bertz CT molecular complexity index is 147. The van der Waals surface area contributed by atoms with Crippen LogP contribution < -0.4 is 0 Å². The quantitative estimate of drug-likeness (QED) is 0.531. The molecule has 0 saturated carbocycles. The van der Waals surface area contributed by atoms with Gasteiger partial charge in [0.2, 0.25) is 0 Å². The largest absolute Gasteiger partial charge is 0.235 e. The van der Waals surface area contributed by atoms with Crippen molar-refractivity contribution in [2.75, 3.05) is 12.9 Å². The van der Waals surface area contributed by atoms with Crippen LogP contribution in [0.2, 0.25) is 0 Å². The van der Waals surface area contributed by atoms with Crippen molar-refractivity contribution in [1.29, 1.82) is 0 Å². The SMILES string of the molecule is CC(C[O])S(C)(=O)=O. The molecule has 4 heteroatoms. The summed E-state index contributed by atoms with van der Waals surface area (Å²) in [6, 6.07) is 0. The Labute approximate surface area is 49.3 Å². The van der Waals surface area contributed by atoms with Gasteiger partial charge in [0.05, 0.1) is 11.9 Å². The fourth-order valence-electron chi connectivity index (χ4n) is 0.124. The zero-order valence-electron chi connectivity index (χ0n) is 4.92. The molecule has 0 aliphatic heterocycles. The van der Waals surface area contributed by atoms with Gasteiger partial charge in [0.25, 0.3) is 0 Å². The van der Waals surface area contributed by atoms with E-state index in [0.717, 1.165) is 6.26 Å². The summed E-state index contributed by atoms with van der Waals surface area (Å²) >= 11 is 0. The smallest absolute Gasteiger partial charge is 0.152 e. The van der Waals surface area contributed by atoms with Gasteiger partial charge in [0.1, 0.15) is 0 Å². The molecule has 1 atom stereocenters. The molecular weight excluding hydrogens is 128 g/mol. The maximum absolute atomic E-state index is 10.4. The molecule has 0 amide bonds. The molecule has 8 heavy (non-hydrogen) atoms. The summed E-state index contributed by atoms with van der Waals surface area (Å²) in [6.07, 6.45) is 1.07. The summed E-state index contributed by atoms with van der Waals surface area (Å²) in [5.41, 5.74) is 0. The Morgan fingerprint density at radius 1 is 1.50 bits per heavy atom. The topological polar surface area (TPSA) is 54.0 Å². The second kappa shape index (κ2) is 2.46. The Kier molecular flexibility index (Phi) is 2.43. The second-order valence-electron chi connectivity index (χ2n) is 1.81. The van der Waals surface area contributed by atoms with E-state index in [1.54, 1.807) is 0 Å². The average molecular weight is 137 g/mol. The van der Waals surface area contributed by atoms with E-state index in [9.17, 15) is 13.5 Å². The van der Waals surface area contributed by atoms with Gasteiger partial charge in [-0.25, -0.2) is 13.5 Å². The molecule has 1 radical (unpaired) electrons. The van der Waals surface area contributed by atoms with Gasteiger partial charge in [-0.15, -0.1) is 0 Å². The highest BCUT2D eigenvalue weighted by atomic mass is 32.2. The third-order valence-electron chi connectivity index (χ3n) is 0.966. The van der Waals surface area contributed by atoms with Gasteiger partial charge in [-0.2, -0.15) is 0 Å². The predicted molar refractivity (Wildman–Crippen MR) is 29.9 cm³/mol. The number of rotatable bonds is 2. The van der Waals surface area contributed by atoms with Gasteiger partial charge in [0, 0.05) is 6.26 Å². The van der Waals surface area contributed by atoms with Crippen molar-refractivity contribution >= 4 is 9.84 Å². The maximum Gasteiger partial charge on any atom is 0.152 e. The van der Waals surface area contributed by atoms with Crippen LogP contribution in [0.5, 0.6) is 0 Å². The molecule has 0 aromatic heterocycles. The Hall–Kier alpha value is -0.0900. The van der Waals surface area contributed by atoms with Crippen LogP contribution in [0, 0.1) is 0 Å². The second-order valence-corrected chi connectivity index (χ2v) is 4.27. The van der Waals surface area contributed by atoms with Crippen LogP contribution in [0.3, 0.4) is 0 Å². The zero-order chi connectivity index (χ0) is 6.78. The van der Waals surface area contributed by atoms with Crippen molar-refractivity contribution in [3.8, 4) is 0 Å². The van der Waals surface area contributed by atoms with E-state index in [1.807, 2.05) is 0 Å². The van der Waals surface area contributed by atoms with Crippen LogP contribution in [0.25, 0.3) is 0 Å². The number of hydrogen-bond donors (Lipinski definition) is 0. The van der Waals surface area contributed by atoms with Crippen LogP contribution in [0.4, 0.5) is 0 Å². The summed E-state index contributed by atoms with van der Waals surface area (Å²) in [7, 11) is -3.07. The molecule has 0 fully saturated rings. The highest BCUT2D eigenvalue weighted by Gasteiger charge is 2.12. The molecule has 0 bridgehead atoms. The third-order valence-corrected chi connectivity index (χ3v) is 2.56. The maximum atomic E-state index is 10.4. The Morgan fingerprint density at radius 2 is 1.88 bits per heavy atom. The first-order chi connectivity index (χ1) is 3.48. The molecule has 49 valence electrons. The van der Waals surface area contributed by atoms with Gasteiger partial charge in [-0.05, 0) is 6.92 Å². The summed E-state index contributed by atoms with van der Waals surface area (Å²) in [4.78, 5) is 0. The lowest BCUT2D eigenvalue weighted by Gasteiger charge is -2.00. The molecule has 0 aliphatic carbocycles. The molecular formula is C4H9O3S. The summed E-state index contributed by atoms with van der Waals surface area (Å²) in [5.74, 6) is 0. The molecule has 3 nitrogen and oxygen atoms in total. The fraction of sp³-hybridized carbons (Fsp3) is 1.00. The first kappa shape index (κ1) is 7.91. The van der Waals surface area contributed by atoms with Crippen molar-refractivity contribution in [2.45, 2.75) is 12.2 Å². The van der Waals surface area contributed by atoms with Gasteiger partial charge in [-0.1, -0.05) is 0 Å². The standard InChI is InChI=1S/C4H9O3S/c1-4(3-5)8(2,6)7/h4H,3H2,1-2H3. The third kappa shape index (κ3) is 2.28. The minimum atomic E-state index is -3.07. The predicted octanol–water partition coefficient (Wildman–Crippen LogP) is -0.150. The molecule has 0 aromatic carbocycles. The molecule has 0 saturated heterocycles. The summed E-state index contributed by atoms with van der Waals surface area (Å²) in [5, 5.41) is 9.16. The first-order valence-electron chi connectivity index (χ1n) is 2.25. The van der Waals surface area contributed by atoms with Gasteiger partial charge in [-0.3, -0.25) is 0 Å². The zero-order valence-corrected chi connectivity index (χ0v) is 5.73. The van der Waals surface area contributed by atoms with E-state index in [2.05, 4.69) is 0 Å². The van der Waals surface area contributed by atoms with E-state index in [1.165, 1.54) is 6.92 Å². The van der Waals surface area contributed by atoms with E-state index in [4.69, 9.17) is 0 Å². The summed E-state index contributed by atoms with van der Waals surface area (Å²) < 4.78 is 20.7. The van der Waals surface area contributed by atoms with Gasteiger partial charge < -0.3 is 0 Å². The van der Waals surface area contributed by atoms with Crippen LogP contribution in [0.15, 0.2) is 0 Å². The van der Waals surface area contributed by atoms with Crippen molar-refractivity contribution in [3.63, 3.8) is 0 Å². The highest BCUT2D eigenvalue weighted by Crippen LogP contribution is 1.94. The van der Waals surface area contributed by atoms with Crippen LogP contribution in [-0.4, -0.2) is 26.5 Å². The van der Waals surface area contributed by atoms with Gasteiger partial charge in [0.15, 0.2) is 9.84 Å². The molecule has 1 unspecified atom stereocenters.